The molecular formula is C13H20N2O3SSi. The Labute approximate surface area is 124 Å². The van der Waals surface area contributed by atoms with Gasteiger partial charge in [-0.25, -0.2) is 4.98 Å². The molecule has 0 bridgehead atoms. The molecule has 1 aromatic carbocycles. The fraction of sp³-hybridized carbons (Fsp3) is 0.462. The van der Waals surface area contributed by atoms with Gasteiger partial charge in [0, 0.05) is 33.1 Å². The van der Waals surface area contributed by atoms with Crippen LogP contribution in [0.15, 0.2) is 29.4 Å². The molecule has 0 aliphatic carbocycles. The normalized spacial score (nSPS) is 12.2. The highest BCUT2D eigenvalue weighted by Crippen LogP contribution is 2.22. The van der Waals surface area contributed by atoms with Gasteiger partial charge in [-0.2, -0.15) is 0 Å². The maximum Gasteiger partial charge on any atom is 0.500 e. The summed E-state index contributed by atoms with van der Waals surface area (Å²) in [6.45, 7) is 0. The Hall–Kier alpha value is -0.863. The lowest BCUT2D eigenvalue weighted by Crippen LogP contribution is -2.42. The van der Waals surface area contributed by atoms with Crippen LogP contribution >= 0.6 is 11.8 Å². The molecule has 110 valence electrons. The van der Waals surface area contributed by atoms with Gasteiger partial charge in [0.05, 0.1) is 11.0 Å². The summed E-state index contributed by atoms with van der Waals surface area (Å²) in [5, 5.41) is 0.950. The number of nitrogens with zero attached hydrogens (tertiary/aromatic N) is 1. The monoisotopic (exact) mass is 312 g/mol. The topological polar surface area (TPSA) is 56.4 Å². The molecule has 0 saturated heterocycles. The molecule has 0 amide bonds. The summed E-state index contributed by atoms with van der Waals surface area (Å²) < 4.78 is 16.2. The molecule has 0 spiro atoms. The maximum absolute atomic E-state index is 5.40. The Kier molecular flexibility index (Phi) is 5.61. The van der Waals surface area contributed by atoms with Crippen LogP contribution in [0.3, 0.4) is 0 Å². The number of hydrogen-bond acceptors (Lipinski definition) is 5. The molecule has 1 heterocycles. The molecule has 2 rings (SSSR count). The van der Waals surface area contributed by atoms with Crippen molar-refractivity contribution in [1.82, 2.24) is 9.97 Å². The number of fused-ring (bicyclic) bond motifs is 1. The molecule has 0 radical (unpaired) electrons. The Bertz CT molecular complexity index is 504. The van der Waals surface area contributed by atoms with E-state index in [0.29, 0.717) is 0 Å². The third kappa shape index (κ3) is 3.61. The third-order valence-corrected chi connectivity index (χ3v) is 6.96. The first-order valence-electron chi connectivity index (χ1n) is 6.46. The van der Waals surface area contributed by atoms with E-state index < -0.39 is 8.80 Å². The van der Waals surface area contributed by atoms with E-state index in [-0.39, 0.29) is 0 Å². The number of para-hydroxylation sites is 2. The van der Waals surface area contributed by atoms with Crippen LogP contribution in [-0.2, 0) is 13.3 Å². The number of aromatic amines is 1. The largest absolute Gasteiger partial charge is 0.500 e. The first-order chi connectivity index (χ1) is 9.73. The van der Waals surface area contributed by atoms with Crippen molar-refractivity contribution in [3.63, 3.8) is 0 Å². The van der Waals surface area contributed by atoms with Crippen LogP contribution in [0.2, 0.25) is 6.04 Å². The summed E-state index contributed by atoms with van der Waals surface area (Å²) in [5.74, 6) is 0.949. The summed E-state index contributed by atoms with van der Waals surface area (Å²) >= 11 is 1.71. The summed E-state index contributed by atoms with van der Waals surface area (Å²) in [7, 11) is 2.50. The third-order valence-electron chi connectivity index (χ3n) is 3.17. The van der Waals surface area contributed by atoms with E-state index >= 15 is 0 Å². The van der Waals surface area contributed by atoms with Crippen LogP contribution in [0.1, 0.15) is 6.42 Å². The molecule has 0 fully saturated rings. The number of imidazole rings is 1. The lowest BCUT2D eigenvalue weighted by atomic mass is 10.3. The first-order valence-corrected chi connectivity index (χ1v) is 9.38. The Balaban J connectivity index is 1.84. The Morgan fingerprint density at radius 3 is 2.50 bits per heavy atom. The molecular weight excluding hydrogens is 292 g/mol. The molecule has 1 N–H and O–H groups in total. The number of hydrogen-bond donors (Lipinski definition) is 1. The Morgan fingerprint density at radius 2 is 1.85 bits per heavy atom. The summed E-state index contributed by atoms with van der Waals surface area (Å²) in [6, 6.07) is 8.85. The minimum Gasteiger partial charge on any atom is -0.377 e. The van der Waals surface area contributed by atoms with Gasteiger partial charge in [-0.1, -0.05) is 23.9 Å². The highest BCUT2D eigenvalue weighted by molar-refractivity contribution is 7.99. The van der Waals surface area contributed by atoms with Crippen LogP contribution in [-0.4, -0.2) is 45.9 Å². The van der Waals surface area contributed by atoms with Crippen molar-refractivity contribution in [3.8, 4) is 0 Å². The van der Waals surface area contributed by atoms with Crippen molar-refractivity contribution in [2.45, 2.75) is 17.6 Å². The minimum atomic E-state index is -2.43. The van der Waals surface area contributed by atoms with Crippen molar-refractivity contribution in [1.29, 1.82) is 0 Å². The van der Waals surface area contributed by atoms with Crippen LogP contribution < -0.4 is 0 Å². The van der Waals surface area contributed by atoms with Gasteiger partial charge in [0.2, 0.25) is 0 Å². The zero-order valence-corrected chi connectivity index (χ0v) is 13.8. The molecule has 0 aliphatic rings. The SMILES string of the molecule is CO[Si](CCCSc1nc2ccccc2[nH]1)(OC)OC. The highest BCUT2D eigenvalue weighted by Gasteiger charge is 2.36. The van der Waals surface area contributed by atoms with Gasteiger partial charge in [0.25, 0.3) is 0 Å². The van der Waals surface area contributed by atoms with Gasteiger partial charge < -0.3 is 18.3 Å². The number of H-pyrrole nitrogens is 1. The van der Waals surface area contributed by atoms with E-state index in [2.05, 4.69) is 9.97 Å². The van der Waals surface area contributed by atoms with Gasteiger partial charge in [-0.05, 0) is 18.6 Å². The van der Waals surface area contributed by atoms with Crippen LogP contribution in [0.25, 0.3) is 11.0 Å². The quantitative estimate of drug-likeness (QED) is 0.461. The van der Waals surface area contributed by atoms with Crippen molar-refractivity contribution >= 4 is 31.6 Å². The maximum atomic E-state index is 5.40. The molecule has 0 atom stereocenters. The average Bonchev–Trinajstić information content (AvgIpc) is 2.91. The van der Waals surface area contributed by atoms with Gasteiger partial charge >= 0.3 is 8.80 Å². The number of nitrogens with one attached hydrogen (secondary N) is 1. The zero-order valence-electron chi connectivity index (χ0n) is 12.0. The summed E-state index contributed by atoms with van der Waals surface area (Å²) in [5.41, 5.74) is 2.08. The molecule has 20 heavy (non-hydrogen) atoms. The number of aromatic nitrogens is 2. The van der Waals surface area contributed by atoms with E-state index in [4.69, 9.17) is 13.3 Å². The van der Waals surface area contributed by atoms with E-state index in [9.17, 15) is 0 Å². The minimum absolute atomic E-state index is 0.809. The molecule has 1 aromatic heterocycles. The number of thioether (sulfide) groups is 1. The molecule has 7 heteroatoms. The van der Waals surface area contributed by atoms with Gasteiger partial charge in [-0.15, -0.1) is 0 Å². The summed E-state index contributed by atoms with van der Waals surface area (Å²) in [6.07, 6.45) is 0.962. The second-order valence-corrected chi connectivity index (χ2v) is 8.48. The van der Waals surface area contributed by atoms with E-state index in [1.165, 1.54) is 0 Å². The standard InChI is InChI=1S/C13H20N2O3SSi/c1-16-20(17-2,18-3)10-6-9-19-13-14-11-7-4-5-8-12(11)15-13/h4-5,7-8H,6,9-10H2,1-3H3,(H,14,15). The highest BCUT2D eigenvalue weighted by atomic mass is 32.2. The number of benzene rings is 1. The molecule has 0 saturated carbocycles. The van der Waals surface area contributed by atoms with Gasteiger partial charge in [0.1, 0.15) is 0 Å². The molecule has 0 aliphatic heterocycles. The predicted octanol–water partition coefficient (Wildman–Crippen LogP) is 2.92. The van der Waals surface area contributed by atoms with Crippen molar-refractivity contribution < 1.29 is 13.3 Å². The van der Waals surface area contributed by atoms with Crippen molar-refractivity contribution in [3.05, 3.63) is 24.3 Å². The van der Waals surface area contributed by atoms with Crippen molar-refractivity contribution in [2.75, 3.05) is 27.1 Å². The van der Waals surface area contributed by atoms with Crippen LogP contribution in [0.5, 0.6) is 0 Å². The van der Waals surface area contributed by atoms with Gasteiger partial charge in [0.15, 0.2) is 5.16 Å². The zero-order chi connectivity index (χ0) is 14.4. The average molecular weight is 312 g/mol. The van der Waals surface area contributed by atoms with E-state index in [1.54, 1.807) is 33.1 Å². The fourth-order valence-electron chi connectivity index (χ4n) is 2.01. The van der Waals surface area contributed by atoms with E-state index in [0.717, 1.165) is 34.4 Å². The number of rotatable bonds is 8. The lowest BCUT2D eigenvalue weighted by Gasteiger charge is -2.23. The van der Waals surface area contributed by atoms with Crippen LogP contribution in [0, 0.1) is 0 Å². The summed E-state index contributed by atoms with van der Waals surface area (Å²) in [4.78, 5) is 7.84. The predicted molar refractivity (Wildman–Crippen MR) is 83.0 cm³/mol. The molecule has 0 unspecified atom stereocenters. The second-order valence-electron chi connectivity index (χ2n) is 4.31. The fourth-order valence-corrected chi connectivity index (χ4v) is 4.82. The lowest BCUT2D eigenvalue weighted by molar-refractivity contribution is 0.123. The first kappa shape index (κ1) is 15.5. The Morgan fingerprint density at radius 1 is 1.15 bits per heavy atom. The smallest absolute Gasteiger partial charge is 0.377 e. The van der Waals surface area contributed by atoms with Gasteiger partial charge in [-0.3, -0.25) is 0 Å². The molecule has 2 aromatic rings. The molecule has 5 nitrogen and oxygen atoms in total. The van der Waals surface area contributed by atoms with Crippen molar-refractivity contribution in [2.24, 2.45) is 0 Å². The van der Waals surface area contributed by atoms with Crippen LogP contribution in [0.4, 0.5) is 0 Å². The second kappa shape index (κ2) is 7.23. The van der Waals surface area contributed by atoms with E-state index in [1.807, 2.05) is 24.3 Å².